The van der Waals surface area contributed by atoms with Gasteiger partial charge in [-0.05, 0) is 29.8 Å². The van der Waals surface area contributed by atoms with Crippen molar-refractivity contribution in [2.24, 2.45) is 0 Å². The fourth-order valence-electron chi connectivity index (χ4n) is 2.27. The Morgan fingerprint density at radius 2 is 1.96 bits per heavy atom. The number of aromatic hydroxyl groups is 1. The summed E-state index contributed by atoms with van der Waals surface area (Å²) in [5.74, 6) is -3.61. The van der Waals surface area contributed by atoms with Crippen LogP contribution in [-0.2, 0) is 9.59 Å². The first kappa shape index (κ1) is 16.5. The van der Waals surface area contributed by atoms with Crippen LogP contribution in [0.5, 0.6) is 5.75 Å². The lowest BCUT2D eigenvalue weighted by Gasteiger charge is -2.24. The highest BCUT2D eigenvalue weighted by Gasteiger charge is 2.52. The highest BCUT2D eigenvalue weighted by molar-refractivity contribution is 6.30. The van der Waals surface area contributed by atoms with E-state index in [1.54, 1.807) is 0 Å². The number of benzene rings is 1. The standard InChI is InChI=1S/C14H10ClNO7/c15-9-1-2-11(17)10(4-9)7-3-8(12(18)19)6-14(5-7,13(20)21)16(22)23/h1-4,6,17H,5H2,(H,18,19)(H,20,21). The van der Waals surface area contributed by atoms with Crippen LogP contribution in [0.2, 0.25) is 5.02 Å². The number of nitro groups is 1. The van der Waals surface area contributed by atoms with Crippen LogP contribution in [0.1, 0.15) is 12.0 Å². The highest BCUT2D eigenvalue weighted by Crippen LogP contribution is 2.39. The summed E-state index contributed by atoms with van der Waals surface area (Å²) < 4.78 is 0. The number of carboxylic acids is 2. The summed E-state index contributed by atoms with van der Waals surface area (Å²) in [5, 5.41) is 39.7. The molecule has 0 radical (unpaired) electrons. The van der Waals surface area contributed by atoms with Crippen LogP contribution < -0.4 is 0 Å². The molecule has 1 atom stereocenters. The van der Waals surface area contributed by atoms with E-state index in [0.717, 1.165) is 6.08 Å². The summed E-state index contributed by atoms with van der Waals surface area (Å²) in [4.78, 5) is 32.8. The fourth-order valence-corrected chi connectivity index (χ4v) is 2.45. The molecular formula is C14H10ClNO7. The van der Waals surface area contributed by atoms with Gasteiger partial charge in [-0.3, -0.25) is 10.1 Å². The van der Waals surface area contributed by atoms with Crippen molar-refractivity contribution in [2.45, 2.75) is 12.0 Å². The van der Waals surface area contributed by atoms with E-state index >= 15 is 0 Å². The van der Waals surface area contributed by atoms with Crippen molar-refractivity contribution >= 4 is 29.1 Å². The molecule has 1 unspecified atom stereocenters. The zero-order valence-electron chi connectivity index (χ0n) is 11.4. The van der Waals surface area contributed by atoms with Crippen molar-refractivity contribution in [3.05, 3.63) is 56.6 Å². The Hall–Kier alpha value is -2.87. The molecule has 120 valence electrons. The molecule has 23 heavy (non-hydrogen) atoms. The molecule has 1 aliphatic carbocycles. The van der Waals surface area contributed by atoms with Crippen molar-refractivity contribution in [3.8, 4) is 5.75 Å². The van der Waals surface area contributed by atoms with E-state index in [0.29, 0.717) is 6.08 Å². The van der Waals surface area contributed by atoms with Crippen LogP contribution in [0.25, 0.3) is 5.57 Å². The third-order valence-electron chi connectivity index (χ3n) is 3.43. The summed E-state index contributed by atoms with van der Waals surface area (Å²) in [7, 11) is 0. The highest BCUT2D eigenvalue weighted by atomic mass is 35.5. The Morgan fingerprint density at radius 3 is 2.48 bits per heavy atom. The summed E-state index contributed by atoms with van der Waals surface area (Å²) in [5.41, 5.74) is -3.16. The molecule has 0 fully saturated rings. The number of rotatable bonds is 4. The number of carbonyl (C=O) groups is 2. The van der Waals surface area contributed by atoms with Gasteiger partial charge in [0.15, 0.2) is 0 Å². The number of phenolic OH excluding ortho intramolecular Hbond substituents is 1. The average Bonchev–Trinajstić information content (AvgIpc) is 2.48. The molecule has 0 bridgehead atoms. The molecule has 9 heteroatoms. The van der Waals surface area contributed by atoms with E-state index in [-0.39, 0.29) is 21.9 Å². The lowest BCUT2D eigenvalue weighted by molar-refractivity contribution is -0.539. The van der Waals surface area contributed by atoms with Gasteiger partial charge in [-0.15, -0.1) is 0 Å². The molecule has 0 aromatic heterocycles. The summed E-state index contributed by atoms with van der Waals surface area (Å²) >= 11 is 5.81. The predicted molar refractivity (Wildman–Crippen MR) is 78.8 cm³/mol. The lowest BCUT2D eigenvalue weighted by Crippen LogP contribution is -2.46. The second-order valence-corrected chi connectivity index (χ2v) is 5.34. The van der Waals surface area contributed by atoms with E-state index < -0.39 is 34.4 Å². The first-order valence-corrected chi connectivity index (χ1v) is 6.58. The van der Waals surface area contributed by atoms with E-state index in [1.807, 2.05) is 0 Å². The lowest BCUT2D eigenvalue weighted by atomic mass is 9.81. The van der Waals surface area contributed by atoms with Crippen molar-refractivity contribution in [3.63, 3.8) is 0 Å². The van der Waals surface area contributed by atoms with Gasteiger partial charge in [0.2, 0.25) is 0 Å². The molecule has 3 N–H and O–H groups in total. The van der Waals surface area contributed by atoms with E-state index in [2.05, 4.69) is 0 Å². The molecule has 1 aromatic rings. The van der Waals surface area contributed by atoms with Gasteiger partial charge in [0.05, 0.1) is 12.0 Å². The molecule has 8 nitrogen and oxygen atoms in total. The Labute approximate surface area is 134 Å². The van der Waals surface area contributed by atoms with Crippen molar-refractivity contribution in [2.75, 3.05) is 0 Å². The molecule has 0 amide bonds. The third kappa shape index (κ3) is 2.88. The number of halogens is 1. The molecule has 1 aliphatic rings. The number of hydrogen-bond acceptors (Lipinski definition) is 5. The van der Waals surface area contributed by atoms with Gasteiger partial charge in [-0.1, -0.05) is 11.6 Å². The van der Waals surface area contributed by atoms with E-state index in [9.17, 15) is 29.9 Å². The molecule has 1 aromatic carbocycles. The monoisotopic (exact) mass is 339 g/mol. The number of hydrogen-bond donors (Lipinski definition) is 3. The van der Waals surface area contributed by atoms with Crippen LogP contribution in [0.4, 0.5) is 0 Å². The molecule has 0 spiro atoms. The van der Waals surface area contributed by atoms with Gasteiger partial charge in [0.25, 0.3) is 0 Å². The van der Waals surface area contributed by atoms with Crippen molar-refractivity contribution in [1.29, 1.82) is 0 Å². The number of aliphatic carboxylic acids is 2. The minimum Gasteiger partial charge on any atom is -0.507 e. The summed E-state index contributed by atoms with van der Waals surface area (Å²) in [6, 6.07) is 3.88. The van der Waals surface area contributed by atoms with Crippen molar-refractivity contribution < 1.29 is 29.8 Å². The van der Waals surface area contributed by atoms with Gasteiger partial charge in [0.1, 0.15) is 5.75 Å². The Kier molecular flexibility index (Phi) is 4.11. The third-order valence-corrected chi connectivity index (χ3v) is 3.67. The topological polar surface area (TPSA) is 138 Å². The zero-order valence-corrected chi connectivity index (χ0v) is 12.1. The normalized spacial score (nSPS) is 20.4. The Bertz CT molecular complexity index is 767. The van der Waals surface area contributed by atoms with Crippen molar-refractivity contribution in [1.82, 2.24) is 0 Å². The van der Waals surface area contributed by atoms with Crippen LogP contribution in [0.15, 0.2) is 35.9 Å². The van der Waals surface area contributed by atoms with Crippen LogP contribution in [0.3, 0.4) is 0 Å². The maximum absolute atomic E-state index is 11.4. The van der Waals surface area contributed by atoms with Crippen LogP contribution in [-0.4, -0.2) is 37.7 Å². The minimum atomic E-state index is -2.63. The van der Waals surface area contributed by atoms with E-state index in [1.165, 1.54) is 18.2 Å². The summed E-state index contributed by atoms with van der Waals surface area (Å²) in [6.45, 7) is 0. The molecule has 0 aliphatic heterocycles. The van der Waals surface area contributed by atoms with Gasteiger partial charge < -0.3 is 15.3 Å². The predicted octanol–water partition coefficient (Wildman–Crippen LogP) is 1.94. The van der Waals surface area contributed by atoms with Gasteiger partial charge in [0, 0.05) is 21.6 Å². The molecule has 2 rings (SSSR count). The molecule has 0 saturated heterocycles. The molecule has 0 saturated carbocycles. The fraction of sp³-hybridized carbons (Fsp3) is 0.143. The Balaban J connectivity index is 2.68. The van der Waals surface area contributed by atoms with Crippen LogP contribution in [0, 0.1) is 10.1 Å². The van der Waals surface area contributed by atoms with Crippen LogP contribution >= 0.6 is 11.6 Å². The second kappa shape index (κ2) is 5.73. The Morgan fingerprint density at radius 1 is 1.30 bits per heavy atom. The zero-order chi connectivity index (χ0) is 17.4. The van der Waals surface area contributed by atoms with Gasteiger partial charge in [-0.2, -0.15) is 0 Å². The van der Waals surface area contributed by atoms with Gasteiger partial charge in [-0.25, -0.2) is 9.59 Å². The first-order valence-electron chi connectivity index (χ1n) is 6.21. The molecule has 0 heterocycles. The van der Waals surface area contributed by atoms with Gasteiger partial charge >= 0.3 is 17.5 Å². The number of nitrogens with zero attached hydrogens (tertiary/aromatic N) is 1. The maximum Gasteiger partial charge on any atom is 0.387 e. The van der Waals surface area contributed by atoms with E-state index in [4.69, 9.17) is 16.7 Å². The first-order chi connectivity index (χ1) is 10.7. The largest absolute Gasteiger partial charge is 0.507 e. The smallest absolute Gasteiger partial charge is 0.387 e. The second-order valence-electron chi connectivity index (χ2n) is 4.90. The number of phenols is 1. The average molecular weight is 340 g/mol. The minimum absolute atomic E-state index is 0.0102. The quantitative estimate of drug-likeness (QED) is 0.562. The molecular weight excluding hydrogens is 330 g/mol. The summed E-state index contributed by atoms with van der Waals surface area (Å²) in [6.07, 6.45) is 1.04. The maximum atomic E-state index is 11.4. The number of carboxylic acid groups (broad SMARTS) is 2. The SMILES string of the molecule is O=C(O)C1=CC(C(=O)O)([N+](=O)[O-])CC(c2cc(Cl)ccc2O)=C1.